The number of rotatable bonds is 8. The molecule has 9 heteroatoms. The predicted molar refractivity (Wildman–Crippen MR) is 111 cm³/mol. The third-order valence-electron chi connectivity index (χ3n) is 4.40. The molecule has 0 saturated heterocycles. The summed E-state index contributed by atoms with van der Waals surface area (Å²) >= 11 is 0. The van der Waals surface area contributed by atoms with Gasteiger partial charge in [0.1, 0.15) is 5.58 Å². The van der Waals surface area contributed by atoms with Crippen molar-refractivity contribution in [3.05, 3.63) is 63.9 Å². The van der Waals surface area contributed by atoms with Gasteiger partial charge in [-0.05, 0) is 49.2 Å². The zero-order chi connectivity index (χ0) is 21.7. The van der Waals surface area contributed by atoms with Gasteiger partial charge in [0.25, 0.3) is 5.69 Å². The molecule has 1 aromatic heterocycles. The second kappa shape index (κ2) is 9.08. The largest absolute Gasteiger partial charge is 0.493 e. The maximum Gasteiger partial charge on any atom is 0.307 e. The van der Waals surface area contributed by atoms with E-state index >= 15 is 0 Å². The van der Waals surface area contributed by atoms with Crippen LogP contribution in [0, 0.1) is 10.1 Å². The third-order valence-corrected chi connectivity index (χ3v) is 4.40. The lowest BCUT2D eigenvalue weighted by Crippen LogP contribution is -2.16. The van der Waals surface area contributed by atoms with Gasteiger partial charge in [0.15, 0.2) is 17.3 Å². The number of non-ortho nitro benzene ring substituents is 1. The van der Waals surface area contributed by atoms with Crippen LogP contribution in [-0.2, 0) is 0 Å². The molecule has 1 atom stereocenters. The van der Waals surface area contributed by atoms with E-state index < -0.39 is 10.8 Å². The molecule has 0 fully saturated rings. The molecule has 9 nitrogen and oxygen atoms in total. The van der Waals surface area contributed by atoms with E-state index in [2.05, 4.69) is 10.5 Å². The average Bonchev–Trinajstić information content (AvgIpc) is 3.17. The zero-order valence-corrected chi connectivity index (χ0v) is 16.7. The highest BCUT2D eigenvalue weighted by Crippen LogP contribution is 2.29. The van der Waals surface area contributed by atoms with Crippen molar-refractivity contribution >= 4 is 28.8 Å². The number of hydrogen-bond donors (Lipinski definition) is 1. The Morgan fingerprint density at radius 2 is 2.07 bits per heavy atom. The van der Waals surface area contributed by atoms with Crippen LogP contribution in [0.15, 0.2) is 52.0 Å². The van der Waals surface area contributed by atoms with Crippen LogP contribution < -0.4 is 14.9 Å². The second-order valence-corrected chi connectivity index (χ2v) is 6.54. The van der Waals surface area contributed by atoms with Crippen LogP contribution in [0.1, 0.15) is 36.4 Å². The fourth-order valence-corrected chi connectivity index (χ4v) is 2.64. The number of nitro benzene ring substituents is 1. The van der Waals surface area contributed by atoms with Crippen molar-refractivity contribution < 1.29 is 23.6 Å². The minimum Gasteiger partial charge on any atom is -0.493 e. The quantitative estimate of drug-likeness (QED) is 0.336. The molecule has 0 radical (unpaired) electrons. The van der Waals surface area contributed by atoms with Gasteiger partial charge < -0.3 is 13.9 Å². The van der Waals surface area contributed by atoms with Crippen LogP contribution in [0.25, 0.3) is 11.0 Å². The Balaban J connectivity index is 1.69. The van der Waals surface area contributed by atoms with E-state index in [1.807, 2.05) is 13.8 Å². The first-order valence-corrected chi connectivity index (χ1v) is 9.27. The maximum atomic E-state index is 12.3. The van der Waals surface area contributed by atoms with Crippen LogP contribution in [0.5, 0.6) is 11.5 Å². The first-order chi connectivity index (χ1) is 14.4. The molecule has 1 heterocycles. The highest BCUT2D eigenvalue weighted by Gasteiger charge is 2.14. The normalized spacial score (nSPS) is 12.1. The fraction of sp³-hybridized carbons (Fsp3) is 0.238. The predicted octanol–water partition coefficient (Wildman–Crippen LogP) is 4.29. The van der Waals surface area contributed by atoms with Gasteiger partial charge in [0.05, 0.1) is 24.4 Å². The Bertz CT molecular complexity index is 1110. The summed E-state index contributed by atoms with van der Waals surface area (Å²) in [5.74, 6) is 0.611. The number of hydrogen-bond acceptors (Lipinski definition) is 7. The molecule has 1 amide bonds. The summed E-state index contributed by atoms with van der Waals surface area (Å²) < 4.78 is 16.6. The molecule has 0 saturated carbocycles. The third kappa shape index (κ3) is 4.75. The number of benzene rings is 2. The minimum atomic E-state index is -0.575. The van der Waals surface area contributed by atoms with Crippen molar-refractivity contribution in [3.63, 3.8) is 0 Å². The van der Waals surface area contributed by atoms with Crippen molar-refractivity contribution in [2.75, 3.05) is 7.11 Å². The number of nitrogens with one attached hydrogen (secondary N) is 1. The summed E-state index contributed by atoms with van der Waals surface area (Å²) in [4.78, 5) is 22.6. The number of amides is 1. The van der Waals surface area contributed by atoms with Crippen molar-refractivity contribution in [3.8, 4) is 11.5 Å². The highest BCUT2D eigenvalue weighted by atomic mass is 16.6. The Kier molecular flexibility index (Phi) is 6.31. The number of fused-ring (bicyclic) bond motifs is 1. The summed E-state index contributed by atoms with van der Waals surface area (Å²) in [5.41, 5.74) is 3.36. The SMILES string of the molecule is CC[C@H](C)Oc1ccc(/C=N\NC(=O)c2cc3cc([N+](=O)[O-])ccc3o2)cc1OC. The van der Waals surface area contributed by atoms with Gasteiger partial charge in [-0.2, -0.15) is 5.10 Å². The molecular weight excluding hydrogens is 390 g/mol. The Morgan fingerprint density at radius 1 is 1.27 bits per heavy atom. The molecule has 3 rings (SSSR count). The molecule has 0 aliphatic carbocycles. The number of carbonyl (C=O) groups is 1. The van der Waals surface area contributed by atoms with E-state index in [4.69, 9.17) is 13.9 Å². The summed E-state index contributed by atoms with van der Waals surface area (Å²) in [5, 5.41) is 15.2. The van der Waals surface area contributed by atoms with Crippen molar-refractivity contribution in [1.29, 1.82) is 0 Å². The molecule has 156 valence electrons. The molecule has 3 aromatic rings. The van der Waals surface area contributed by atoms with Gasteiger partial charge in [0, 0.05) is 17.5 Å². The first-order valence-electron chi connectivity index (χ1n) is 9.27. The number of ether oxygens (including phenoxy) is 2. The number of nitrogens with zero attached hydrogens (tertiary/aromatic N) is 2. The molecule has 0 unspecified atom stereocenters. The van der Waals surface area contributed by atoms with Crippen LogP contribution >= 0.6 is 0 Å². The van der Waals surface area contributed by atoms with Gasteiger partial charge in [0.2, 0.25) is 0 Å². The standard InChI is InChI=1S/C21H21N3O6/c1-4-13(2)29-18-7-5-14(9-19(18)28-3)12-22-23-21(25)20-11-15-10-16(24(26)27)6-8-17(15)30-20/h5-13H,4H2,1-3H3,(H,23,25)/b22-12-/t13-/m0/s1. The van der Waals surface area contributed by atoms with E-state index in [9.17, 15) is 14.9 Å². The molecule has 30 heavy (non-hydrogen) atoms. The maximum absolute atomic E-state index is 12.3. The van der Waals surface area contributed by atoms with Gasteiger partial charge in [-0.1, -0.05) is 6.92 Å². The number of methoxy groups -OCH3 is 1. The smallest absolute Gasteiger partial charge is 0.307 e. The second-order valence-electron chi connectivity index (χ2n) is 6.54. The average molecular weight is 411 g/mol. The molecule has 0 bridgehead atoms. The number of carbonyl (C=O) groups excluding carboxylic acids is 1. The Labute approximate surface area is 172 Å². The Hall–Kier alpha value is -3.88. The molecular formula is C21H21N3O6. The topological polar surface area (TPSA) is 116 Å². The van der Waals surface area contributed by atoms with Gasteiger partial charge >= 0.3 is 5.91 Å². The van der Waals surface area contributed by atoms with Gasteiger partial charge in [-0.25, -0.2) is 5.43 Å². The number of nitro groups is 1. The Morgan fingerprint density at radius 3 is 2.77 bits per heavy atom. The van der Waals surface area contributed by atoms with Crippen LogP contribution in [-0.4, -0.2) is 30.3 Å². The van der Waals surface area contributed by atoms with Crippen LogP contribution in [0.3, 0.4) is 0 Å². The van der Waals surface area contributed by atoms with Gasteiger partial charge in [-0.3, -0.25) is 14.9 Å². The van der Waals surface area contributed by atoms with E-state index in [1.54, 1.807) is 25.3 Å². The molecule has 2 aromatic carbocycles. The summed E-state index contributed by atoms with van der Waals surface area (Å²) in [6.07, 6.45) is 2.39. The summed E-state index contributed by atoms with van der Waals surface area (Å²) in [6, 6.07) is 10.8. The molecule has 0 aliphatic heterocycles. The van der Waals surface area contributed by atoms with E-state index in [-0.39, 0.29) is 17.6 Å². The number of hydrazone groups is 1. The van der Waals surface area contributed by atoms with E-state index in [0.29, 0.717) is 28.0 Å². The lowest BCUT2D eigenvalue weighted by atomic mass is 10.2. The molecule has 0 aliphatic rings. The first kappa shape index (κ1) is 20.8. The van der Waals surface area contributed by atoms with Crippen molar-refractivity contribution in [2.24, 2.45) is 5.10 Å². The minimum absolute atomic E-state index is 0.00229. The van der Waals surface area contributed by atoms with Gasteiger partial charge in [-0.15, -0.1) is 0 Å². The fourth-order valence-electron chi connectivity index (χ4n) is 2.64. The zero-order valence-electron chi connectivity index (χ0n) is 16.7. The monoisotopic (exact) mass is 411 g/mol. The lowest BCUT2D eigenvalue weighted by molar-refractivity contribution is -0.384. The number of furan rings is 1. The van der Waals surface area contributed by atoms with E-state index in [1.165, 1.54) is 30.5 Å². The molecule has 0 spiro atoms. The van der Waals surface area contributed by atoms with Crippen molar-refractivity contribution in [2.45, 2.75) is 26.4 Å². The summed E-state index contributed by atoms with van der Waals surface area (Å²) in [6.45, 7) is 4.00. The van der Waals surface area contributed by atoms with Crippen LogP contribution in [0.4, 0.5) is 5.69 Å². The van der Waals surface area contributed by atoms with Crippen molar-refractivity contribution in [1.82, 2.24) is 5.43 Å². The lowest BCUT2D eigenvalue weighted by Gasteiger charge is -2.15. The van der Waals surface area contributed by atoms with Crippen LogP contribution in [0.2, 0.25) is 0 Å². The van der Waals surface area contributed by atoms with E-state index in [0.717, 1.165) is 6.42 Å². The highest BCUT2D eigenvalue weighted by molar-refractivity contribution is 5.97. The molecule has 1 N–H and O–H groups in total. The summed E-state index contributed by atoms with van der Waals surface area (Å²) in [7, 11) is 1.55.